The molecular weight excluding hydrogens is 224 g/mol. The highest BCUT2D eigenvalue weighted by molar-refractivity contribution is 5.51. The van der Waals surface area contributed by atoms with Crippen molar-refractivity contribution in [3.05, 3.63) is 60.7 Å². The van der Waals surface area contributed by atoms with Crippen molar-refractivity contribution >= 4 is 17.5 Å². The third-order valence-electron chi connectivity index (χ3n) is 2.48. The summed E-state index contributed by atoms with van der Waals surface area (Å²) in [6.07, 6.45) is 1.80. The van der Waals surface area contributed by atoms with Crippen molar-refractivity contribution in [2.45, 2.75) is 0 Å². The molecule has 0 aliphatic rings. The molecule has 90 valence electrons. The van der Waals surface area contributed by atoms with E-state index in [2.05, 4.69) is 16.8 Å². The number of methoxy groups -OCH3 is 1. The van der Waals surface area contributed by atoms with Gasteiger partial charge in [0.2, 0.25) is 0 Å². The first-order valence-corrected chi connectivity index (χ1v) is 5.60. The topological polar surface area (TPSA) is 34.0 Å². The smallest absolute Gasteiger partial charge is 0.119 e. The van der Waals surface area contributed by atoms with Gasteiger partial charge in [-0.15, -0.1) is 0 Å². The molecule has 0 heterocycles. The van der Waals surface area contributed by atoms with Gasteiger partial charge in [0.25, 0.3) is 0 Å². The molecule has 0 aromatic heterocycles. The molecule has 0 radical (unpaired) electrons. The van der Waals surface area contributed by atoms with Gasteiger partial charge in [-0.25, -0.2) is 0 Å². The van der Waals surface area contributed by atoms with E-state index in [9.17, 15) is 0 Å². The third kappa shape index (κ3) is 3.04. The predicted molar refractivity (Wildman–Crippen MR) is 73.7 cm³/mol. The van der Waals surface area contributed by atoms with Crippen LogP contribution in [0.4, 0.5) is 11.4 Å². The summed E-state index contributed by atoms with van der Waals surface area (Å²) in [6, 6.07) is 15.2. The molecule has 0 unspecified atom stereocenters. The zero-order chi connectivity index (χ0) is 12.8. The molecule has 0 atom stereocenters. The van der Waals surface area contributed by atoms with E-state index in [0.717, 1.165) is 22.7 Å². The van der Waals surface area contributed by atoms with Crippen LogP contribution in [0.1, 0.15) is 5.56 Å². The Morgan fingerprint density at radius 3 is 1.83 bits per heavy atom. The Morgan fingerprint density at radius 2 is 1.39 bits per heavy atom. The van der Waals surface area contributed by atoms with Crippen molar-refractivity contribution in [2.75, 3.05) is 7.11 Å². The lowest BCUT2D eigenvalue weighted by Crippen LogP contribution is -1.79. The molecule has 2 aromatic rings. The van der Waals surface area contributed by atoms with E-state index in [1.54, 1.807) is 13.2 Å². The van der Waals surface area contributed by atoms with Gasteiger partial charge in [-0.2, -0.15) is 10.2 Å². The highest BCUT2D eigenvalue weighted by Gasteiger charge is 1.93. The van der Waals surface area contributed by atoms with Crippen molar-refractivity contribution in [3.8, 4) is 5.75 Å². The summed E-state index contributed by atoms with van der Waals surface area (Å²) in [5, 5.41) is 8.31. The molecule has 0 bridgehead atoms. The second-order valence-electron chi connectivity index (χ2n) is 3.69. The van der Waals surface area contributed by atoms with Crippen LogP contribution >= 0.6 is 0 Å². The number of ether oxygens (including phenoxy) is 1. The van der Waals surface area contributed by atoms with Gasteiger partial charge < -0.3 is 4.74 Å². The molecule has 0 N–H and O–H groups in total. The van der Waals surface area contributed by atoms with Crippen LogP contribution in [0.5, 0.6) is 5.75 Å². The van der Waals surface area contributed by atoms with Gasteiger partial charge in [-0.05, 0) is 42.0 Å². The lowest BCUT2D eigenvalue weighted by Gasteiger charge is -1.98. The van der Waals surface area contributed by atoms with Crippen LogP contribution in [-0.2, 0) is 0 Å². The van der Waals surface area contributed by atoms with Crippen LogP contribution in [0, 0.1) is 0 Å². The van der Waals surface area contributed by atoms with Gasteiger partial charge >= 0.3 is 0 Å². The molecule has 3 heteroatoms. The van der Waals surface area contributed by atoms with Gasteiger partial charge in [0.15, 0.2) is 0 Å². The Kier molecular flexibility index (Phi) is 3.86. The lowest BCUT2D eigenvalue weighted by molar-refractivity contribution is 0.415. The van der Waals surface area contributed by atoms with Crippen LogP contribution in [0.2, 0.25) is 0 Å². The van der Waals surface area contributed by atoms with E-state index >= 15 is 0 Å². The first-order valence-electron chi connectivity index (χ1n) is 5.60. The molecule has 18 heavy (non-hydrogen) atoms. The van der Waals surface area contributed by atoms with Crippen LogP contribution in [0.15, 0.2) is 65.3 Å². The van der Waals surface area contributed by atoms with Gasteiger partial charge in [0.1, 0.15) is 5.75 Å². The van der Waals surface area contributed by atoms with Gasteiger partial charge in [0.05, 0.1) is 18.5 Å². The summed E-state index contributed by atoms with van der Waals surface area (Å²) in [5.41, 5.74) is 2.68. The van der Waals surface area contributed by atoms with Crippen LogP contribution < -0.4 is 4.74 Å². The number of hydrogen-bond acceptors (Lipinski definition) is 3. The average Bonchev–Trinajstić information content (AvgIpc) is 2.46. The Labute approximate surface area is 106 Å². The molecule has 0 aliphatic heterocycles. The molecule has 0 spiro atoms. The number of nitrogens with zero attached hydrogens (tertiary/aromatic N) is 2. The lowest BCUT2D eigenvalue weighted by atomic mass is 10.2. The van der Waals surface area contributed by atoms with Crippen molar-refractivity contribution in [2.24, 2.45) is 10.2 Å². The molecule has 0 aliphatic carbocycles. The van der Waals surface area contributed by atoms with Gasteiger partial charge in [-0.1, -0.05) is 24.8 Å². The first kappa shape index (κ1) is 12.0. The van der Waals surface area contributed by atoms with E-state index in [1.807, 2.05) is 48.5 Å². The zero-order valence-electron chi connectivity index (χ0n) is 10.2. The largest absolute Gasteiger partial charge is 0.497 e. The fourth-order valence-corrected chi connectivity index (χ4v) is 1.44. The van der Waals surface area contributed by atoms with Crippen LogP contribution in [0.25, 0.3) is 6.08 Å². The summed E-state index contributed by atoms with van der Waals surface area (Å²) in [7, 11) is 1.64. The molecule has 0 saturated heterocycles. The third-order valence-corrected chi connectivity index (χ3v) is 2.48. The maximum Gasteiger partial charge on any atom is 0.119 e. The van der Waals surface area contributed by atoms with E-state index in [4.69, 9.17) is 4.74 Å². The first-order chi connectivity index (χ1) is 8.81. The Balaban J connectivity index is 2.10. The highest BCUT2D eigenvalue weighted by Crippen LogP contribution is 2.21. The minimum absolute atomic E-state index is 0.795. The SMILES string of the molecule is C=Cc1ccc(N=Nc2ccc(OC)cc2)cc1. The molecular formula is C15H14N2O. The Bertz CT molecular complexity index is 542. The molecule has 0 amide bonds. The zero-order valence-corrected chi connectivity index (χ0v) is 10.2. The number of hydrogen-bond donors (Lipinski definition) is 0. The van der Waals surface area contributed by atoms with Crippen molar-refractivity contribution in [1.29, 1.82) is 0 Å². The Morgan fingerprint density at radius 1 is 0.889 bits per heavy atom. The minimum Gasteiger partial charge on any atom is -0.497 e. The fourth-order valence-electron chi connectivity index (χ4n) is 1.44. The van der Waals surface area contributed by atoms with Gasteiger partial charge in [0, 0.05) is 0 Å². The van der Waals surface area contributed by atoms with Crippen molar-refractivity contribution < 1.29 is 4.74 Å². The molecule has 2 aromatic carbocycles. The second kappa shape index (κ2) is 5.77. The number of azo groups is 1. The molecule has 0 fully saturated rings. The van der Waals surface area contributed by atoms with Gasteiger partial charge in [-0.3, -0.25) is 0 Å². The van der Waals surface area contributed by atoms with E-state index in [0.29, 0.717) is 0 Å². The maximum absolute atomic E-state index is 5.08. The van der Waals surface area contributed by atoms with E-state index in [1.165, 1.54) is 0 Å². The normalized spacial score (nSPS) is 10.5. The van der Waals surface area contributed by atoms with Crippen molar-refractivity contribution in [1.82, 2.24) is 0 Å². The summed E-state index contributed by atoms with van der Waals surface area (Å²) in [4.78, 5) is 0. The van der Waals surface area contributed by atoms with Crippen LogP contribution in [0.3, 0.4) is 0 Å². The predicted octanol–water partition coefficient (Wildman–Crippen LogP) is 4.75. The summed E-state index contributed by atoms with van der Waals surface area (Å²) >= 11 is 0. The van der Waals surface area contributed by atoms with Crippen molar-refractivity contribution in [3.63, 3.8) is 0 Å². The number of rotatable bonds is 4. The summed E-state index contributed by atoms with van der Waals surface area (Å²) < 4.78 is 5.08. The summed E-state index contributed by atoms with van der Waals surface area (Å²) in [6.45, 7) is 3.70. The standard InChI is InChI=1S/C15H14N2O/c1-3-12-4-6-13(7-5-12)16-17-14-8-10-15(18-2)11-9-14/h3-11H,1H2,2H3. The molecule has 3 nitrogen and oxygen atoms in total. The monoisotopic (exact) mass is 238 g/mol. The minimum atomic E-state index is 0.795. The van der Waals surface area contributed by atoms with Crippen LogP contribution in [-0.4, -0.2) is 7.11 Å². The highest BCUT2D eigenvalue weighted by atomic mass is 16.5. The number of benzene rings is 2. The second-order valence-corrected chi connectivity index (χ2v) is 3.69. The molecule has 2 rings (SSSR count). The average molecular weight is 238 g/mol. The maximum atomic E-state index is 5.08. The Hall–Kier alpha value is -2.42. The summed E-state index contributed by atoms with van der Waals surface area (Å²) in [5.74, 6) is 0.810. The molecule has 0 saturated carbocycles. The fraction of sp³-hybridized carbons (Fsp3) is 0.0667. The quantitative estimate of drug-likeness (QED) is 0.707. The van der Waals surface area contributed by atoms with E-state index < -0.39 is 0 Å². The van der Waals surface area contributed by atoms with E-state index in [-0.39, 0.29) is 0 Å².